The Morgan fingerprint density at radius 1 is 1.17 bits per heavy atom. The van der Waals surface area contributed by atoms with Gasteiger partial charge in [-0.1, -0.05) is 30.0 Å². The van der Waals surface area contributed by atoms with Gasteiger partial charge in [-0.05, 0) is 73.9 Å². The molecule has 4 atom stereocenters. The second-order valence-electron chi connectivity index (χ2n) is 11.2. The molecule has 226 valence electrons. The first-order valence-electron chi connectivity index (χ1n) is 14.3. The van der Waals surface area contributed by atoms with E-state index in [2.05, 4.69) is 35.5 Å². The highest BCUT2D eigenvalue weighted by Crippen LogP contribution is 2.40. The Balaban J connectivity index is 1.35. The van der Waals surface area contributed by atoms with E-state index in [0.717, 1.165) is 31.7 Å². The van der Waals surface area contributed by atoms with E-state index in [1.165, 1.54) is 16.9 Å². The van der Waals surface area contributed by atoms with E-state index in [1.54, 1.807) is 25.3 Å². The molecule has 0 saturated carbocycles. The number of benzene rings is 2. The lowest BCUT2D eigenvalue weighted by atomic mass is 9.89. The molecule has 0 bridgehead atoms. The molecule has 10 heteroatoms. The summed E-state index contributed by atoms with van der Waals surface area (Å²) in [6.07, 6.45) is -3.77. The Morgan fingerprint density at radius 3 is 2.74 bits per heavy atom. The van der Waals surface area contributed by atoms with Gasteiger partial charge in [0.15, 0.2) is 0 Å². The summed E-state index contributed by atoms with van der Waals surface area (Å²) in [4.78, 5) is 2.31. The average molecular weight is 604 g/mol. The molecular formula is C32H37F4N3O2S. The number of ether oxygens (including phenoxy) is 2. The first-order chi connectivity index (χ1) is 20.1. The molecule has 0 spiro atoms. The summed E-state index contributed by atoms with van der Waals surface area (Å²) in [5, 5.41) is 7.03. The topological polar surface area (TPSA) is 45.8 Å². The molecule has 0 amide bonds. The van der Waals surface area contributed by atoms with Crippen molar-refractivity contribution >= 4 is 32.8 Å². The number of nitrogens with one attached hydrogen (secondary N) is 2. The zero-order chi connectivity index (χ0) is 29.9. The summed E-state index contributed by atoms with van der Waals surface area (Å²) in [5.41, 5.74) is 2.77. The molecule has 42 heavy (non-hydrogen) atoms. The van der Waals surface area contributed by atoms with E-state index >= 15 is 0 Å². The number of anilines is 2. The summed E-state index contributed by atoms with van der Waals surface area (Å²) in [6, 6.07) is 10.9. The van der Waals surface area contributed by atoms with E-state index in [-0.39, 0.29) is 18.2 Å². The van der Waals surface area contributed by atoms with E-state index in [0.29, 0.717) is 45.3 Å². The number of likely N-dealkylation sites (tertiary alicyclic amines) is 1. The first-order valence-corrected chi connectivity index (χ1v) is 15.2. The maximum atomic E-state index is 14.7. The number of nitrogens with zero attached hydrogens (tertiary/aromatic N) is 1. The summed E-state index contributed by atoms with van der Waals surface area (Å²) < 4.78 is 67.6. The Kier molecular flexibility index (Phi) is 9.50. The number of halogens is 4. The van der Waals surface area contributed by atoms with Crippen molar-refractivity contribution in [3.8, 4) is 17.6 Å². The van der Waals surface area contributed by atoms with Crippen LogP contribution in [0.15, 0.2) is 36.4 Å². The van der Waals surface area contributed by atoms with Gasteiger partial charge >= 0.3 is 6.18 Å². The molecule has 3 heterocycles. The lowest BCUT2D eigenvalue weighted by Crippen LogP contribution is -2.46. The van der Waals surface area contributed by atoms with Gasteiger partial charge in [0, 0.05) is 19.7 Å². The Bertz CT molecular complexity index is 1450. The largest absolute Gasteiger partial charge is 0.495 e. The summed E-state index contributed by atoms with van der Waals surface area (Å²) in [6.45, 7) is 4.13. The van der Waals surface area contributed by atoms with Gasteiger partial charge in [-0.15, -0.1) is 11.3 Å². The fraction of sp³-hybridized carbons (Fsp3) is 0.500. The van der Waals surface area contributed by atoms with Crippen LogP contribution in [0, 0.1) is 11.8 Å². The average Bonchev–Trinajstić information content (AvgIpc) is 3.29. The molecule has 5 nitrogen and oxygen atoms in total. The lowest BCUT2D eigenvalue weighted by Gasteiger charge is -2.33. The molecule has 0 radical (unpaired) electrons. The van der Waals surface area contributed by atoms with Crippen molar-refractivity contribution in [3.05, 3.63) is 52.4 Å². The van der Waals surface area contributed by atoms with Crippen LogP contribution in [0.5, 0.6) is 5.75 Å². The molecule has 3 aromatic rings. The number of alkyl halides is 4. The second kappa shape index (κ2) is 13.1. The van der Waals surface area contributed by atoms with E-state index in [4.69, 9.17) is 9.47 Å². The van der Waals surface area contributed by atoms with E-state index < -0.39 is 24.8 Å². The summed E-state index contributed by atoms with van der Waals surface area (Å²) in [7, 11) is 3.50. The molecular weight excluding hydrogens is 566 g/mol. The smallest absolute Gasteiger partial charge is 0.393 e. The monoisotopic (exact) mass is 603 g/mol. The summed E-state index contributed by atoms with van der Waals surface area (Å²) in [5.74, 6) is 7.10. The van der Waals surface area contributed by atoms with Crippen molar-refractivity contribution in [1.29, 1.82) is 0 Å². The highest BCUT2D eigenvalue weighted by atomic mass is 32.1. The van der Waals surface area contributed by atoms with Crippen LogP contribution in [0.1, 0.15) is 48.1 Å². The van der Waals surface area contributed by atoms with E-state index in [9.17, 15) is 17.6 Å². The van der Waals surface area contributed by atoms with E-state index in [1.807, 2.05) is 24.1 Å². The number of rotatable bonds is 7. The molecule has 2 aliphatic rings. The number of piperidine rings is 1. The van der Waals surface area contributed by atoms with Crippen molar-refractivity contribution in [2.24, 2.45) is 0 Å². The molecule has 2 aliphatic heterocycles. The molecule has 2 saturated heterocycles. The number of methoxy groups -OCH3 is 1. The van der Waals surface area contributed by atoms with Crippen LogP contribution < -0.4 is 15.4 Å². The minimum atomic E-state index is -4.39. The number of fused-ring (bicyclic) bond motifs is 1. The third kappa shape index (κ3) is 7.31. The third-order valence-corrected chi connectivity index (χ3v) is 9.23. The Hall–Kier alpha value is -3.00. The minimum absolute atomic E-state index is 0.159. The second-order valence-corrected chi connectivity index (χ2v) is 12.2. The van der Waals surface area contributed by atoms with Gasteiger partial charge in [0.05, 0.1) is 53.2 Å². The maximum Gasteiger partial charge on any atom is 0.393 e. The van der Waals surface area contributed by atoms with Crippen LogP contribution in [0.4, 0.5) is 28.9 Å². The predicted molar refractivity (Wildman–Crippen MR) is 162 cm³/mol. The van der Waals surface area contributed by atoms with Gasteiger partial charge in [0.25, 0.3) is 0 Å². The Labute approximate surface area is 248 Å². The molecule has 2 N–H and O–H groups in total. The van der Waals surface area contributed by atoms with Gasteiger partial charge in [0.2, 0.25) is 0 Å². The van der Waals surface area contributed by atoms with Crippen LogP contribution in [0.3, 0.4) is 0 Å². The highest BCUT2D eigenvalue weighted by molar-refractivity contribution is 7.20. The minimum Gasteiger partial charge on any atom is -0.495 e. The predicted octanol–water partition coefficient (Wildman–Crippen LogP) is 7.21. The van der Waals surface area contributed by atoms with Crippen molar-refractivity contribution in [1.82, 2.24) is 4.90 Å². The summed E-state index contributed by atoms with van der Waals surface area (Å²) >= 11 is 1.22. The van der Waals surface area contributed by atoms with Crippen LogP contribution in [-0.4, -0.2) is 69.8 Å². The standard InChI is InChI=1S/C32H37F4N3O2S/c1-20-16-22(12-15-41-20)21-9-10-27(29(17-21)40-3)37-13-5-8-30-24(18-32(34,35)36)23-6-4-7-28(31(23)42-30)38-26-11-14-39(2)19-25(26)33/h4,6-7,9-10,17,20,22,25-26,37-38H,11-16,18-19H2,1-3H3. The molecule has 1 aromatic heterocycles. The van der Waals surface area contributed by atoms with Crippen molar-refractivity contribution in [3.63, 3.8) is 0 Å². The van der Waals surface area contributed by atoms with Crippen LogP contribution >= 0.6 is 11.3 Å². The van der Waals surface area contributed by atoms with Crippen molar-refractivity contribution in [2.45, 2.75) is 63.0 Å². The normalized spacial score (nSPS) is 23.3. The SMILES string of the molecule is COc1cc(C2CCOC(C)C2)ccc1NCC#Cc1sc2c(NC3CCN(C)CC3F)cccc2c1CC(F)(F)F. The zero-order valence-corrected chi connectivity index (χ0v) is 24.9. The fourth-order valence-electron chi connectivity index (χ4n) is 5.85. The van der Waals surface area contributed by atoms with Crippen LogP contribution in [0.2, 0.25) is 0 Å². The Morgan fingerprint density at radius 2 is 2.00 bits per heavy atom. The highest BCUT2D eigenvalue weighted by Gasteiger charge is 2.32. The molecule has 4 unspecified atom stereocenters. The van der Waals surface area contributed by atoms with Crippen LogP contribution in [-0.2, 0) is 11.2 Å². The molecule has 5 rings (SSSR count). The number of hydrogen-bond acceptors (Lipinski definition) is 6. The fourth-order valence-corrected chi connectivity index (χ4v) is 7.02. The van der Waals surface area contributed by atoms with Gasteiger partial charge in [-0.3, -0.25) is 0 Å². The molecule has 0 aliphatic carbocycles. The third-order valence-electron chi connectivity index (χ3n) is 8.03. The molecule has 2 aromatic carbocycles. The first kappa shape index (κ1) is 30.5. The number of hydrogen-bond donors (Lipinski definition) is 2. The maximum absolute atomic E-state index is 14.7. The molecule has 2 fully saturated rings. The van der Waals surface area contributed by atoms with Gasteiger partial charge < -0.3 is 25.0 Å². The van der Waals surface area contributed by atoms with Gasteiger partial charge in [0.1, 0.15) is 11.9 Å². The van der Waals surface area contributed by atoms with Gasteiger partial charge in [-0.2, -0.15) is 13.2 Å². The quantitative estimate of drug-likeness (QED) is 0.221. The number of thiophene rings is 1. The lowest BCUT2D eigenvalue weighted by molar-refractivity contribution is -0.126. The van der Waals surface area contributed by atoms with Crippen LogP contribution in [0.25, 0.3) is 10.1 Å². The van der Waals surface area contributed by atoms with Crippen molar-refractivity contribution < 1.29 is 27.0 Å². The van der Waals surface area contributed by atoms with Crippen molar-refractivity contribution in [2.75, 3.05) is 51.0 Å². The van der Waals surface area contributed by atoms with Gasteiger partial charge in [-0.25, -0.2) is 4.39 Å². The zero-order valence-electron chi connectivity index (χ0n) is 24.1.